The standard InChI is InChI=1S/C22H24O4/c1-6-15-17-13-14(24-5)11-12-19(17)25-20(15)16-9-7-8-10-18(16)26-21(23)22(2,3)4/h6-13,15,20H,1H2,2-5H3/t15-,20-/m1/s1. The van der Waals surface area contributed by atoms with E-state index in [4.69, 9.17) is 14.2 Å². The number of carbonyl (C=O) groups is 1. The zero-order valence-electron chi connectivity index (χ0n) is 15.6. The Balaban J connectivity index is 1.97. The number of ether oxygens (including phenoxy) is 3. The van der Waals surface area contributed by atoms with Crippen molar-refractivity contribution >= 4 is 5.97 Å². The van der Waals surface area contributed by atoms with Crippen LogP contribution in [-0.2, 0) is 4.79 Å². The summed E-state index contributed by atoms with van der Waals surface area (Å²) in [5, 5.41) is 0. The van der Waals surface area contributed by atoms with Crippen LogP contribution >= 0.6 is 0 Å². The number of carbonyl (C=O) groups excluding carboxylic acids is 1. The van der Waals surface area contributed by atoms with Crippen molar-refractivity contribution in [3.05, 3.63) is 66.2 Å². The number of hydrogen-bond acceptors (Lipinski definition) is 4. The van der Waals surface area contributed by atoms with E-state index >= 15 is 0 Å². The molecule has 1 aliphatic heterocycles. The van der Waals surface area contributed by atoms with Gasteiger partial charge in [-0.1, -0.05) is 24.3 Å². The summed E-state index contributed by atoms with van der Waals surface area (Å²) in [6.07, 6.45) is 1.55. The zero-order chi connectivity index (χ0) is 18.9. The van der Waals surface area contributed by atoms with Gasteiger partial charge < -0.3 is 14.2 Å². The molecule has 26 heavy (non-hydrogen) atoms. The highest BCUT2D eigenvalue weighted by Gasteiger charge is 2.36. The number of benzene rings is 2. The van der Waals surface area contributed by atoms with Gasteiger partial charge in [-0.2, -0.15) is 0 Å². The van der Waals surface area contributed by atoms with Crippen molar-refractivity contribution in [3.63, 3.8) is 0 Å². The molecule has 0 aliphatic carbocycles. The summed E-state index contributed by atoms with van der Waals surface area (Å²) in [7, 11) is 1.64. The molecule has 2 aromatic carbocycles. The van der Waals surface area contributed by atoms with Crippen LogP contribution in [0.3, 0.4) is 0 Å². The zero-order valence-corrected chi connectivity index (χ0v) is 15.6. The fraction of sp³-hybridized carbons (Fsp3) is 0.318. The molecule has 0 saturated carbocycles. The quantitative estimate of drug-likeness (QED) is 0.439. The molecule has 0 spiro atoms. The van der Waals surface area contributed by atoms with Crippen LogP contribution in [0.5, 0.6) is 17.2 Å². The summed E-state index contributed by atoms with van der Waals surface area (Å²) >= 11 is 0. The molecule has 0 saturated heterocycles. The van der Waals surface area contributed by atoms with Crippen LogP contribution in [0.4, 0.5) is 0 Å². The van der Waals surface area contributed by atoms with Gasteiger partial charge in [0.15, 0.2) is 0 Å². The number of hydrogen-bond donors (Lipinski definition) is 0. The van der Waals surface area contributed by atoms with E-state index in [0.29, 0.717) is 5.75 Å². The fourth-order valence-electron chi connectivity index (χ4n) is 2.96. The van der Waals surface area contributed by atoms with E-state index in [0.717, 1.165) is 22.6 Å². The largest absolute Gasteiger partial charge is 0.497 e. The normalized spacial score (nSPS) is 18.6. The predicted molar refractivity (Wildman–Crippen MR) is 101 cm³/mol. The first-order chi connectivity index (χ1) is 12.3. The van der Waals surface area contributed by atoms with E-state index in [1.54, 1.807) is 13.2 Å². The first kappa shape index (κ1) is 18.1. The lowest BCUT2D eigenvalue weighted by molar-refractivity contribution is -0.143. The van der Waals surface area contributed by atoms with Gasteiger partial charge in [-0.05, 0) is 45.0 Å². The van der Waals surface area contributed by atoms with Crippen molar-refractivity contribution in [2.45, 2.75) is 32.8 Å². The molecule has 0 N–H and O–H groups in total. The molecule has 0 radical (unpaired) electrons. The lowest BCUT2D eigenvalue weighted by atomic mass is 9.90. The van der Waals surface area contributed by atoms with Crippen LogP contribution in [0.25, 0.3) is 0 Å². The maximum Gasteiger partial charge on any atom is 0.316 e. The third kappa shape index (κ3) is 3.32. The molecule has 0 unspecified atom stereocenters. The van der Waals surface area contributed by atoms with Gasteiger partial charge in [0.05, 0.1) is 12.5 Å². The summed E-state index contributed by atoms with van der Waals surface area (Å²) in [6, 6.07) is 13.2. The minimum absolute atomic E-state index is 0.0606. The van der Waals surface area contributed by atoms with Crippen LogP contribution < -0.4 is 14.2 Å². The molecular weight excluding hydrogens is 328 g/mol. The molecule has 4 nitrogen and oxygen atoms in total. The second-order valence-corrected chi connectivity index (χ2v) is 7.38. The van der Waals surface area contributed by atoms with Gasteiger partial charge in [0.1, 0.15) is 23.4 Å². The molecule has 3 rings (SSSR count). The molecule has 1 heterocycles. The molecule has 0 amide bonds. The van der Waals surface area contributed by atoms with Crippen molar-refractivity contribution in [1.29, 1.82) is 0 Å². The minimum Gasteiger partial charge on any atom is -0.497 e. The Hall–Kier alpha value is -2.75. The monoisotopic (exact) mass is 352 g/mol. The van der Waals surface area contributed by atoms with Crippen LogP contribution in [0.1, 0.15) is 43.9 Å². The van der Waals surface area contributed by atoms with Gasteiger partial charge in [0, 0.05) is 17.0 Å². The molecule has 1 aliphatic rings. The molecule has 2 atom stereocenters. The fourth-order valence-corrected chi connectivity index (χ4v) is 2.96. The molecule has 2 aromatic rings. The van der Waals surface area contributed by atoms with Crippen molar-refractivity contribution in [2.24, 2.45) is 5.41 Å². The summed E-state index contributed by atoms with van der Waals surface area (Å²) in [6.45, 7) is 9.47. The van der Waals surface area contributed by atoms with Crippen molar-refractivity contribution in [1.82, 2.24) is 0 Å². The number of esters is 1. The lowest BCUT2D eigenvalue weighted by Crippen LogP contribution is -2.26. The van der Waals surface area contributed by atoms with Gasteiger partial charge in [-0.25, -0.2) is 0 Å². The van der Waals surface area contributed by atoms with Crippen molar-refractivity contribution in [2.75, 3.05) is 7.11 Å². The van der Waals surface area contributed by atoms with E-state index in [1.807, 2.05) is 63.2 Å². The second kappa shape index (κ2) is 6.87. The van der Waals surface area contributed by atoms with Gasteiger partial charge in [0.25, 0.3) is 0 Å². The van der Waals surface area contributed by atoms with Crippen molar-refractivity contribution < 1.29 is 19.0 Å². The van der Waals surface area contributed by atoms with Crippen LogP contribution in [0, 0.1) is 5.41 Å². The average molecular weight is 352 g/mol. The summed E-state index contributed by atoms with van der Waals surface area (Å²) < 4.78 is 17.2. The van der Waals surface area contributed by atoms with Gasteiger partial charge in [-0.15, -0.1) is 6.58 Å². The first-order valence-electron chi connectivity index (χ1n) is 8.63. The van der Waals surface area contributed by atoms with E-state index in [9.17, 15) is 4.79 Å². The van der Waals surface area contributed by atoms with Gasteiger partial charge >= 0.3 is 5.97 Å². The Morgan fingerprint density at radius 1 is 1.15 bits per heavy atom. The third-order valence-electron chi connectivity index (χ3n) is 4.45. The maximum absolute atomic E-state index is 12.4. The Morgan fingerprint density at radius 2 is 1.88 bits per heavy atom. The Labute approximate surface area is 154 Å². The Morgan fingerprint density at radius 3 is 2.54 bits per heavy atom. The molecule has 0 bridgehead atoms. The Bertz CT molecular complexity index is 832. The lowest BCUT2D eigenvalue weighted by Gasteiger charge is -2.22. The number of rotatable bonds is 4. The van der Waals surface area contributed by atoms with Gasteiger partial charge in [-0.3, -0.25) is 4.79 Å². The van der Waals surface area contributed by atoms with Crippen molar-refractivity contribution in [3.8, 4) is 17.2 Å². The molecule has 4 heteroatoms. The number of fused-ring (bicyclic) bond motifs is 1. The maximum atomic E-state index is 12.4. The number of para-hydroxylation sites is 1. The SMILES string of the molecule is C=C[C@@H]1c2cc(OC)ccc2O[C@H]1c1ccccc1OC(=O)C(C)(C)C. The Kier molecular flexibility index (Phi) is 4.77. The highest BCUT2D eigenvalue weighted by molar-refractivity contribution is 5.78. The van der Waals surface area contributed by atoms with E-state index in [2.05, 4.69) is 6.58 Å². The minimum atomic E-state index is -0.586. The summed E-state index contributed by atoms with van der Waals surface area (Å²) in [4.78, 5) is 12.4. The highest BCUT2D eigenvalue weighted by Crippen LogP contribution is 2.49. The molecule has 136 valence electrons. The van der Waals surface area contributed by atoms with Crippen LogP contribution in [-0.4, -0.2) is 13.1 Å². The highest BCUT2D eigenvalue weighted by atomic mass is 16.5. The second-order valence-electron chi connectivity index (χ2n) is 7.38. The first-order valence-corrected chi connectivity index (χ1v) is 8.63. The third-order valence-corrected chi connectivity index (χ3v) is 4.45. The average Bonchev–Trinajstić information content (AvgIpc) is 2.98. The molecule has 0 fully saturated rings. The van der Waals surface area contributed by atoms with Gasteiger partial charge in [0.2, 0.25) is 0 Å². The van der Waals surface area contributed by atoms with E-state index < -0.39 is 5.41 Å². The smallest absolute Gasteiger partial charge is 0.316 e. The number of methoxy groups -OCH3 is 1. The summed E-state index contributed by atoms with van der Waals surface area (Å²) in [5.41, 5.74) is 1.25. The topological polar surface area (TPSA) is 44.8 Å². The van der Waals surface area contributed by atoms with E-state index in [1.165, 1.54) is 0 Å². The summed E-state index contributed by atoms with van der Waals surface area (Å²) in [5.74, 6) is 1.74. The van der Waals surface area contributed by atoms with E-state index in [-0.39, 0.29) is 18.0 Å². The molecule has 0 aromatic heterocycles. The van der Waals surface area contributed by atoms with Crippen LogP contribution in [0.15, 0.2) is 55.1 Å². The molecular formula is C22H24O4. The van der Waals surface area contributed by atoms with Crippen LogP contribution in [0.2, 0.25) is 0 Å². The predicted octanol–water partition coefficient (Wildman–Crippen LogP) is 5.05.